The number of para-hydroxylation sites is 1. The van der Waals surface area contributed by atoms with Crippen LogP contribution in [0.3, 0.4) is 0 Å². The van der Waals surface area contributed by atoms with Gasteiger partial charge in [0.1, 0.15) is 5.75 Å². The molecular weight excluding hydrogens is 204 g/mol. The van der Waals surface area contributed by atoms with Gasteiger partial charge < -0.3 is 5.11 Å². The molecule has 0 aromatic heterocycles. The van der Waals surface area contributed by atoms with E-state index in [2.05, 4.69) is 17.1 Å². The molecular formula is C12H14N2O2. The van der Waals surface area contributed by atoms with Crippen molar-refractivity contribution in [3.8, 4) is 5.75 Å². The molecule has 4 nitrogen and oxygen atoms in total. The smallest absolute Gasteiger partial charge is 0.275 e. The van der Waals surface area contributed by atoms with Crippen molar-refractivity contribution in [2.75, 3.05) is 0 Å². The van der Waals surface area contributed by atoms with Crippen molar-refractivity contribution >= 4 is 12.1 Å². The van der Waals surface area contributed by atoms with Crippen LogP contribution >= 0.6 is 0 Å². The number of amides is 1. The predicted octanol–water partition coefficient (Wildman–Crippen LogP) is 2.07. The highest BCUT2D eigenvalue weighted by Crippen LogP contribution is 2.14. The molecule has 1 amide bonds. The number of carbonyl (C=O) groups is 1. The summed E-state index contributed by atoms with van der Waals surface area (Å²) in [6.07, 6.45) is 4.91. The number of hydrazone groups is 1. The number of benzene rings is 1. The van der Waals surface area contributed by atoms with Crippen LogP contribution in [0.4, 0.5) is 0 Å². The highest BCUT2D eigenvalue weighted by molar-refractivity contribution is 5.96. The van der Waals surface area contributed by atoms with Gasteiger partial charge in [0.05, 0.1) is 5.56 Å². The second kappa shape index (κ2) is 6.40. The van der Waals surface area contributed by atoms with Crippen LogP contribution in [0.5, 0.6) is 5.75 Å². The van der Waals surface area contributed by atoms with Gasteiger partial charge in [-0.2, -0.15) is 5.10 Å². The van der Waals surface area contributed by atoms with Gasteiger partial charge in [-0.05, 0) is 25.0 Å². The topological polar surface area (TPSA) is 61.7 Å². The number of hydrogen-bond acceptors (Lipinski definition) is 3. The van der Waals surface area contributed by atoms with E-state index in [1.54, 1.807) is 24.4 Å². The number of unbranched alkanes of at least 4 members (excludes halogenated alkanes) is 1. The van der Waals surface area contributed by atoms with Crippen LogP contribution in [0.15, 0.2) is 42.0 Å². The molecule has 0 radical (unpaired) electrons. The summed E-state index contributed by atoms with van der Waals surface area (Å²) in [7, 11) is 0. The Labute approximate surface area is 94.3 Å². The second-order valence-corrected chi connectivity index (χ2v) is 3.14. The lowest BCUT2D eigenvalue weighted by atomic mass is 10.2. The molecule has 1 aromatic rings. The first-order valence-corrected chi connectivity index (χ1v) is 4.96. The van der Waals surface area contributed by atoms with E-state index in [9.17, 15) is 9.90 Å². The molecule has 0 saturated carbocycles. The third-order valence-corrected chi connectivity index (χ3v) is 1.91. The van der Waals surface area contributed by atoms with Gasteiger partial charge in [0.2, 0.25) is 0 Å². The van der Waals surface area contributed by atoms with Gasteiger partial charge in [-0.25, -0.2) is 5.43 Å². The van der Waals surface area contributed by atoms with Crippen LogP contribution in [0.1, 0.15) is 23.2 Å². The van der Waals surface area contributed by atoms with Crippen LogP contribution in [-0.2, 0) is 0 Å². The maximum Gasteiger partial charge on any atom is 0.275 e. The standard InChI is InChI=1S/C12H14N2O2/c1-2-3-6-9-13-14-12(16)10-7-4-5-8-11(10)15/h2,4-5,7-9,15H,1,3,6H2,(H,14,16). The van der Waals surface area contributed by atoms with E-state index in [1.165, 1.54) is 12.1 Å². The van der Waals surface area contributed by atoms with Crippen molar-refractivity contribution in [2.24, 2.45) is 5.10 Å². The van der Waals surface area contributed by atoms with Crippen molar-refractivity contribution in [2.45, 2.75) is 12.8 Å². The molecule has 16 heavy (non-hydrogen) atoms. The van der Waals surface area contributed by atoms with E-state index in [-0.39, 0.29) is 11.3 Å². The molecule has 0 unspecified atom stereocenters. The molecule has 0 saturated heterocycles. The fourth-order valence-corrected chi connectivity index (χ4v) is 1.09. The Hall–Kier alpha value is -2.10. The Balaban J connectivity index is 2.50. The minimum Gasteiger partial charge on any atom is -0.507 e. The maximum absolute atomic E-state index is 11.5. The molecule has 0 heterocycles. The molecule has 4 heteroatoms. The van der Waals surface area contributed by atoms with Gasteiger partial charge in [0, 0.05) is 6.21 Å². The summed E-state index contributed by atoms with van der Waals surface area (Å²) in [6.45, 7) is 3.57. The molecule has 84 valence electrons. The largest absolute Gasteiger partial charge is 0.507 e. The monoisotopic (exact) mass is 218 g/mol. The van der Waals surface area contributed by atoms with Gasteiger partial charge in [-0.3, -0.25) is 4.79 Å². The molecule has 0 bridgehead atoms. The summed E-state index contributed by atoms with van der Waals surface area (Å²) in [5, 5.41) is 13.1. The highest BCUT2D eigenvalue weighted by Gasteiger charge is 2.07. The van der Waals surface area contributed by atoms with Crippen molar-refractivity contribution in [1.82, 2.24) is 5.43 Å². The predicted molar refractivity (Wildman–Crippen MR) is 63.5 cm³/mol. The third-order valence-electron chi connectivity index (χ3n) is 1.91. The molecule has 0 aliphatic rings. The zero-order chi connectivity index (χ0) is 11.8. The molecule has 0 atom stereocenters. The van der Waals surface area contributed by atoms with E-state index in [0.717, 1.165) is 12.8 Å². The average Bonchev–Trinajstić information content (AvgIpc) is 2.29. The fourth-order valence-electron chi connectivity index (χ4n) is 1.09. The van der Waals surface area contributed by atoms with Crippen molar-refractivity contribution < 1.29 is 9.90 Å². The Morgan fingerprint density at radius 2 is 2.19 bits per heavy atom. The Morgan fingerprint density at radius 1 is 1.44 bits per heavy atom. The van der Waals surface area contributed by atoms with Crippen LogP contribution in [-0.4, -0.2) is 17.2 Å². The van der Waals surface area contributed by atoms with E-state index in [0.29, 0.717) is 0 Å². The van der Waals surface area contributed by atoms with Gasteiger partial charge >= 0.3 is 0 Å². The first kappa shape index (κ1) is 12.0. The first-order valence-electron chi connectivity index (χ1n) is 4.96. The molecule has 1 aromatic carbocycles. The molecule has 0 fully saturated rings. The lowest BCUT2D eigenvalue weighted by Crippen LogP contribution is -2.17. The Morgan fingerprint density at radius 3 is 2.88 bits per heavy atom. The van der Waals surface area contributed by atoms with Crippen LogP contribution in [0.2, 0.25) is 0 Å². The molecule has 0 aliphatic carbocycles. The molecule has 0 aliphatic heterocycles. The number of rotatable bonds is 5. The number of aromatic hydroxyl groups is 1. The second-order valence-electron chi connectivity index (χ2n) is 3.14. The van der Waals surface area contributed by atoms with Crippen LogP contribution in [0.25, 0.3) is 0 Å². The summed E-state index contributed by atoms with van der Waals surface area (Å²) < 4.78 is 0. The third kappa shape index (κ3) is 3.57. The Bertz CT molecular complexity index is 400. The van der Waals surface area contributed by atoms with Gasteiger partial charge in [-0.15, -0.1) is 6.58 Å². The molecule has 1 rings (SSSR count). The SMILES string of the molecule is C=CCCC=NNC(=O)c1ccccc1O. The number of allylic oxidation sites excluding steroid dienone is 1. The van der Waals surface area contributed by atoms with E-state index in [1.807, 2.05) is 0 Å². The number of phenolic OH excluding ortho intramolecular Hbond substituents is 1. The maximum atomic E-state index is 11.5. The quantitative estimate of drug-likeness (QED) is 0.344. The van der Waals surface area contributed by atoms with E-state index >= 15 is 0 Å². The lowest BCUT2D eigenvalue weighted by Gasteiger charge is -2.01. The van der Waals surface area contributed by atoms with Crippen LogP contribution < -0.4 is 5.43 Å². The number of nitrogens with zero attached hydrogens (tertiary/aromatic N) is 1. The fraction of sp³-hybridized carbons (Fsp3) is 0.167. The van der Waals surface area contributed by atoms with Crippen molar-refractivity contribution in [3.05, 3.63) is 42.5 Å². The molecule has 0 spiro atoms. The summed E-state index contributed by atoms with van der Waals surface area (Å²) in [5.41, 5.74) is 2.55. The minimum absolute atomic E-state index is 0.0544. The van der Waals surface area contributed by atoms with E-state index in [4.69, 9.17) is 0 Å². The summed E-state index contributed by atoms with van der Waals surface area (Å²) in [6, 6.07) is 6.32. The summed E-state index contributed by atoms with van der Waals surface area (Å²) >= 11 is 0. The average molecular weight is 218 g/mol. The number of hydrogen-bond donors (Lipinski definition) is 2. The summed E-state index contributed by atoms with van der Waals surface area (Å²) in [4.78, 5) is 11.5. The van der Waals surface area contributed by atoms with Gasteiger partial charge in [0.15, 0.2) is 0 Å². The Kier molecular flexibility index (Phi) is 4.79. The number of carbonyl (C=O) groups excluding carboxylic acids is 1. The lowest BCUT2D eigenvalue weighted by molar-refractivity contribution is 0.0952. The van der Waals surface area contributed by atoms with Crippen molar-refractivity contribution in [1.29, 1.82) is 0 Å². The highest BCUT2D eigenvalue weighted by atomic mass is 16.3. The van der Waals surface area contributed by atoms with Gasteiger partial charge in [-0.1, -0.05) is 18.2 Å². The zero-order valence-corrected chi connectivity index (χ0v) is 8.89. The van der Waals surface area contributed by atoms with Crippen LogP contribution in [0, 0.1) is 0 Å². The van der Waals surface area contributed by atoms with Gasteiger partial charge in [0.25, 0.3) is 5.91 Å². The van der Waals surface area contributed by atoms with E-state index < -0.39 is 5.91 Å². The van der Waals surface area contributed by atoms with Crippen molar-refractivity contribution in [3.63, 3.8) is 0 Å². The zero-order valence-electron chi connectivity index (χ0n) is 8.89. The summed E-state index contributed by atoms with van der Waals surface area (Å²) in [5.74, 6) is -0.478. The number of phenols is 1. The normalized spacial score (nSPS) is 10.2. The first-order chi connectivity index (χ1) is 7.75. The number of nitrogens with one attached hydrogen (secondary N) is 1. The minimum atomic E-state index is -0.423. The molecule has 2 N–H and O–H groups in total.